The summed E-state index contributed by atoms with van der Waals surface area (Å²) in [6, 6.07) is 0.322. The standard InChI is InChI=1S/C13H25N3O/c1-9-4-3-5-11(10(9)2)16-13(17)12-8-14-6-7-15-12/h9-12,14-15H,3-8H2,1-2H3,(H,16,17). The zero-order valence-corrected chi connectivity index (χ0v) is 11.0. The average Bonchev–Trinajstić information content (AvgIpc) is 2.36. The number of carbonyl (C=O) groups excluding carboxylic acids is 1. The van der Waals surface area contributed by atoms with Crippen LogP contribution in [0.2, 0.25) is 0 Å². The van der Waals surface area contributed by atoms with Gasteiger partial charge in [0, 0.05) is 25.7 Å². The first-order valence-electron chi connectivity index (χ1n) is 6.93. The van der Waals surface area contributed by atoms with Crippen molar-refractivity contribution in [2.45, 2.75) is 45.2 Å². The number of hydrogen-bond acceptors (Lipinski definition) is 3. The first-order chi connectivity index (χ1) is 8.18. The summed E-state index contributed by atoms with van der Waals surface area (Å²) in [6.45, 7) is 7.16. The summed E-state index contributed by atoms with van der Waals surface area (Å²) < 4.78 is 0. The van der Waals surface area contributed by atoms with Crippen molar-refractivity contribution in [2.24, 2.45) is 11.8 Å². The molecular formula is C13H25N3O. The van der Waals surface area contributed by atoms with Crippen LogP contribution in [0.1, 0.15) is 33.1 Å². The molecule has 4 atom stereocenters. The Labute approximate surface area is 104 Å². The molecule has 98 valence electrons. The molecule has 2 fully saturated rings. The van der Waals surface area contributed by atoms with Crippen molar-refractivity contribution in [1.82, 2.24) is 16.0 Å². The zero-order chi connectivity index (χ0) is 12.3. The van der Waals surface area contributed by atoms with Gasteiger partial charge in [-0.3, -0.25) is 4.79 Å². The van der Waals surface area contributed by atoms with Gasteiger partial charge in [0.25, 0.3) is 0 Å². The Bertz CT molecular complexity index is 263. The van der Waals surface area contributed by atoms with Crippen molar-refractivity contribution in [3.8, 4) is 0 Å². The lowest BCUT2D eigenvalue weighted by Gasteiger charge is -2.36. The summed E-state index contributed by atoms with van der Waals surface area (Å²) >= 11 is 0. The molecule has 2 rings (SSSR count). The van der Waals surface area contributed by atoms with E-state index in [0.717, 1.165) is 32.0 Å². The number of hydrogen-bond donors (Lipinski definition) is 3. The van der Waals surface area contributed by atoms with Gasteiger partial charge in [0.1, 0.15) is 0 Å². The molecule has 1 saturated heterocycles. The van der Waals surface area contributed by atoms with Crippen LogP contribution in [0.5, 0.6) is 0 Å². The van der Waals surface area contributed by atoms with Crippen LogP contribution in [-0.2, 0) is 4.79 Å². The molecule has 0 aromatic heterocycles. The number of amides is 1. The Hall–Kier alpha value is -0.610. The SMILES string of the molecule is CC1CCCC(NC(=O)C2CNCCN2)C1C. The highest BCUT2D eigenvalue weighted by atomic mass is 16.2. The smallest absolute Gasteiger partial charge is 0.238 e. The van der Waals surface area contributed by atoms with E-state index in [4.69, 9.17) is 0 Å². The number of nitrogens with one attached hydrogen (secondary N) is 3. The summed E-state index contributed by atoms with van der Waals surface area (Å²) in [5.41, 5.74) is 0. The van der Waals surface area contributed by atoms with Crippen molar-refractivity contribution in [2.75, 3.05) is 19.6 Å². The minimum Gasteiger partial charge on any atom is -0.352 e. The maximum absolute atomic E-state index is 12.1. The van der Waals surface area contributed by atoms with Gasteiger partial charge in [-0.25, -0.2) is 0 Å². The molecular weight excluding hydrogens is 214 g/mol. The van der Waals surface area contributed by atoms with E-state index in [1.165, 1.54) is 12.8 Å². The van der Waals surface area contributed by atoms with Gasteiger partial charge in [-0.05, 0) is 18.3 Å². The van der Waals surface area contributed by atoms with Gasteiger partial charge in [0.2, 0.25) is 5.91 Å². The minimum absolute atomic E-state index is 0.0480. The summed E-state index contributed by atoms with van der Waals surface area (Å²) in [5.74, 6) is 1.50. The Morgan fingerprint density at radius 1 is 1.24 bits per heavy atom. The van der Waals surface area contributed by atoms with E-state index in [1.54, 1.807) is 0 Å². The normalized spacial score (nSPS) is 38.7. The van der Waals surface area contributed by atoms with Gasteiger partial charge in [0.15, 0.2) is 0 Å². The van der Waals surface area contributed by atoms with Crippen LogP contribution in [0.3, 0.4) is 0 Å². The van der Waals surface area contributed by atoms with E-state index in [-0.39, 0.29) is 11.9 Å². The third kappa shape index (κ3) is 3.19. The fraction of sp³-hybridized carbons (Fsp3) is 0.923. The molecule has 4 unspecified atom stereocenters. The van der Waals surface area contributed by atoms with Crippen molar-refractivity contribution < 1.29 is 4.79 Å². The highest BCUT2D eigenvalue weighted by Crippen LogP contribution is 2.29. The lowest BCUT2D eigenvalue weighted by atomic mass is 9.78. The number of carbonyl (C=O) groups is 1. The molecule has 0 aromatic carbocycles. The lowest BCUT2D eigenvalue weighted by molar-refractivity contribution is -0.124. The van der Waals surface area contributed by atoms with E-state index < -0.39 is 0 Å². The van der Waals surface area contributed by atoms with Crippen LogP contribution in [0.25, 0.3) is 0 Å². The van der Waals surface area contributed by atoms with Crippen molar-refractivity contribution in [1.29, 1.82) is 0 Å². The molecule has 1 heterocycles. The van der Waals surface area contributed by atoms with Gasteiger partial charge in [0.05, 0.1) is 6.04 Å². The first-order valence-corrected chi connectivity index (χ1v) is 6.93. The molecule has 1 amide bonds. The molecule has 0 aromatic rings. The minimum atomic E-state index is -0.0480. The predicted molar refractivity (Wildman–Crippen MR) is 68.8 cm³/mol. The number of piperazine rings is 1. The molecule has 0 radical (unpaired) electrons. The Balaban J connectivity index is 1.84. The molecule has 1 saturated carbocycles. The highest BCUT2D eigenvalue weighted by molar-refractivity contribution is 5.82. The summed E-state index contributed by atoms with van der Waals surface area (Å²) in [4.78, 5) is 12.1. The molecule has 1 aliphatic carbocycles. The second kappa shape index (κ2) is 5.83. The molecule has 0 spiro atoms. The van der Waals surface area contributed by atoms with E-state index in [9.17, 15) is 4.79 Å². The summed E-state index contributed by atoms with van der Waals surface area (Å²) in [5, 5.41) is 9.74. The second-order valence-electron chi connectivity index (χ2n) is 5.59. The zero-order valence-electron chi connectivity index (χ0n) is 11.0. The van der Waals surface area contributed by atoms with Gasteiger partial charge < -0.3 is 16.0 Å². The monoisotopic (exact) mass is 239 g/mol. The van der Waals surface area contributed by atoms with Crippen molar-refractivity contribution in [3.63, 3.8) is 0 Å². The number of rotatable bonds is 2. The Morgan fingerprint density at radius 2 is 2.06 bits per heavy atom. The molecule has 2 aliphatic rings. The Kier molecular flexibility index (Phi) is 4.40. The lowest BCUT2D eigenvalue weighted by Crippen LogP contribution is -2.58. The molecule has 4 nitrogen and oxygen atoms in total. The van der Waals surface area contributed by atoms with Crippen LogP contribution in [0.4, 0.5) is 0 Å². The summed E-state index contributed by atoms with van der Waals surface area (Å²) in [7, 11) is 0. The molecule has 17 heavy (non-hydrogen) atoms. The van der Waals surface area contributed by atoms with Gasteiger partial charge in [-0.2, -0.15) is 0 Å². The molecule has 4 heteroatoms. The Morgan fingerprint density at radius 3 is 2.76 bits per heavy atom. The van der Waals surface area contributed by atoms with Crippen LogP contribution >= 0.6 is 0 Å². The first kappa shape index (κ1) is 12.8. The summed E-state index contributed by atoms with van der Waals surface area (Å²) in [6.07, 6.45) is 3.68. The van der Waals surface area contributed by atoms with Gasteiger partial charge in [-0.15, -0.1) is 0 Å². The van der Waals surface area contributed by atoms with Crippen molar-refractivity contribution >= 4 is 5.91 Å². The van der Waals surface area contributed by atoms with E-state index in [0.29, 0.717) is 12.0 Å². The highest BCUT2D eigenvalue weighted by Gasteiger charge is 2.30. The average molecular weight is 239 g/mol. The van der Waals surface area contributed by atoms with E-state index >= 15 is 0 Å². The maximum Gasteiger partial charge on any atom is 0.238 e. The fourth-order valence-corrected chi connectivity index (χ4v) is 2.91. The molecule has 0 bridgehead atoms. The topological polar surface area (TPSA) is 53.2 Å². The van der Waals surface area contributed by atoms with E-state index in [1.807, 2.05) is 0 Å². The van der Waals surface area contributed by atoms with Crippen LogP contribution < -0.4 is 16.0 Å². The molecule has 1 aliphatic heterocycles. The van der Waals surface area contributed by atoms with Crippen LogP contribution in [0.15, 0.2) is 0 Å². The third-order valence-corrected chi connectivity index (χ3v) is 4.39. The van der Waals surface area contributed by atoms with Crippen LogP contribution in [-0.4, -0.2) is 37.6 Å². The maximum atomic E-state index is 12.1. The fourth-order valence-electron chi connectivity index (χ4n) is 2.91. The predicted octanol–water partition coefficient (Wildman–Crippen LogP) is 0.489. The third-order valence-electron chi connectivity index (χ3n) is 4.39. The van der Waals surface area contributed by atoms with Crippen LogP contribution in [0, 0.1) is 11.8 Å². The van der Waals surface area contributed by atoms with Gasteiger partial charge >= 0.3 is 0 Å². The van der Waals surface area contributed by atoms with Crippen molar-refractivity contribution in [3.05, 3.63) is 0 Å². The largest absolute Gasteiger partial charge is 0.352 e. The van der Waals surface area contributed by atoms with E-state index in [2.05, 4.69) is 29.8 Å². The van der Waals surface area contributed by atoms with Gasteiger partial charge in [-0.1, -0.05) is 26.7 Å². The quantitative estimate of drug-likeness (QED) is 0.657. The molecule has 3 N–H and O–H groups in total. The second-order valence-corrected chi connectivity index (χ2v) is 5.59.